The molecule has 2 N–H and O–H groups in total. The van der Waals surface area contributed by atoms with Gasteiger partial charge >= 0.3 is 0 Å². The highest BCUT2D eigenvalue weighted by molar-refractivity contribution is 5.66. The largest absolute Gasteiger partial charge is 0.383 e. The lowest BCUT2D eigenvalue weighted by Crippen LogP contribution is -2.04. The molecule has 0 spiro atoms. The van der Waals surface area contributed by atoms with Crippen LogP contribution in [0.5, 0.6) is 0 Å². The summed E-state index contributed by atoms with van der Waals surface area (Å²) < 4.78 is 0. The summed E-state index contributed by atoms with van der Waals surface area (Å²) in [5, 5.41) is 0. The Morgan fingerprint density at radius 1 is 1.18 bits per heavy atom. The van der Waals surface area contributed by atoms with Crippen LogP contribution in [0.25, 0.3) is 11.3 Å². The van der Waals surface area contributed by atoms with Gasteiger partial charge in [-0.3, -0.25) is 4.98 Å². The molecular formula is C13H14N4. The van der Waals surface area contributed by atoms with Gasteiger partial charge in [0.25, 0.3) is 0 Å². The van der Waals surface area contributed by atoms with E-state index in [9.17, 15) is 0 Å². The Hall–Kier alpha value is -1.97. The van der Waals surface area contributed by atoms with Crippen molar-refractivity contribution >= 4 is 5.82 Å². The van der Waals surface area contributed by atoms with Gasteiger partial charge in [0, 0.05) is 29.4 Å². The Balaban J connectivity index is 2.14. The van der Waals surface area contributed by atoms with E-state index < -0.39 is 0 Å². The van der Waals surface area contributed by atoms with Crippen LogP contribution < -0.4 is 5.73 Å². The van der Waals surface area contributed by atoms with Gasteiger partial charge < -0.3 is 5.73 Å². The van der Waals surface area contributed by atoms with Crippen molar-refractivity contribution in [2.45, 2.75) is 25.7 Å². The number of anilines is 1. The molecule has 4 nitrogen and oxygen atoms in total. The maximum atomic E-state index is 5.96. The van der Waals surface area contributed by atoms with Gasteiger partial charge in [0.2, 0.25) is 0 Å². The molecule has 1 fully saturated rings. The number of pyridine rings is 1. The summed E-state index contributed by atoms with van der Waals surface area (Å²) in [7, 11) is 0. The molecule has 0 atom stereocenters. The first-order valence-electron chi connectivity index (χ1n) is 5.80. The van der Waals surface area contributed by atoms with Crippen LogP contribution in [-0.4, -0.2) is 15.0 Å². The van der Waals surface area contributed by atoms with Gasteiger partial charge in [0.05, 0.1) is 5.69 Å². The molecule has 1 aliphatic carbocycles. The van der Waals surface area contributed by atoms with Crippen LogP contribution in [0, 0.1) is 6.92 Å². The number of nitrogens with zero attached hydrogens (tertiary/aromatic N) is 3. The Labute approximate surface area is 99.9 Å². The molecule has 2 heterocycles. The normalized spacial score (nSPS) is 14.9. The standard InChI is InChI=1S/C13H14N4/c1-8-11(9-4-6-15-7-5-9)16-13(10-2-3-10)17-12(8)14/h4-7,10H,2-3H2,1H3,(H2,14,16,17). The predicted molar refractivity (Wildman–Crippen MR) is 66.4 cm³/mol. The molecule has 86 valence electrons. The van der Waals surface area contributed by atoms with Crippen molar-refractivity contribution in [1.29, 1.82) is 0 Å². The third-order valence-electron chi connectivity index (χ3n) is 3.10. The zero-order valence-corrected chi connectivity index (χ0v) is 9.72. The van der Waals surface area contributed by atoms with Crippen molar-refractivity contribution in [3.05, 3.63) is 35.9 Å². The number of nitrogen functional groups attached to an aromatic ring is 1. The van der Waals surface area contributed by atoms with Gasteiger partial charge in [-0.25, -0.2) is 9.97 Å². The Bertz CT molecular complexity index is 547. The van der Waals surface area contributed by atoms with E-state index in [1.54, 1.807) is 12.4 Å². The first-order valence-corrected chi connectivity index (χ1v) is 5.80. The van der Waals surface area contributed by atoms with E-state index in [2.05, 4.69) is 15.0 Å². The van der Waals surface area contributed by atoms with E-state index in [0.717, 1.165) is 22.6 Å². The Morgan fingerprint density at radius 3 is 2.53 bits per heavy atom. The van der Waals surface area contributed by atoms with Gasteiger partial charge in [-0.2, -0.15) is 0 Å². The fourth-order valence-electron chi connectivity index (χ4n) is 1.87. The summed E-state index contributed by atoms with van der Waals surface area (Å²) in [5.41, 5.74) is 8.88. The number of hydrogen-bond acceptors (Lipinski definition) is 4. The van der Waals surface area contributed by atoms with Crippen molar-refractivity contribution in [1.82, 2.24) is 15.0 Å². The molecule has 0 aromatic carbocycles. The molecule has 17 heavy (non-hydrogen) atoms. The molecule has 2 aromatic heterocycles. The second-order valence-electron chi connectivity index (χ2n) is 4.45. The zero-order chi connectivity index (χ0) is 11.8. The maximum Gasteiger partial charge on any atom is 0.134 e. The van der Waals surface area contributed by atoms with Crippen LogP contribution in [-0.2, 0) is 0 Å². The molecule has 0 aliphatic heterocycles. The number of hydrogen-bond donors (Lipinski definition) is 1. The highest BCUT2D eigenvalue weighted by Crippen LogP contribution is 2.39. The van der Waals surface area contributed by atoms with Crippen LogP contribution in [0.1, 0.15) is 30.1 Å². The monoisotopic (exact) mass is 226 g/mol. The summed E-state index contributed by atoms with van der Waals surface area (Å²) in [5.74, 6) is 1.99. The SMILES string of the molecule is Cc1c(N)nc(C2CC2)nc1-c1ccncc1. The van der Waals surface area contributed by atoms with Crippen LogP contribution in [0.15, 0.2) is 24.5 Å². The zero-order valence-electron chi connectivity index (χ0n) is 9.72. The predicted octanol–water partition coefficient (Wildman–Crippen LogP) is 2.31. The van der Waals surface area contributed by atoms with Crippen molar-refractivity contribution < 1.29 is 0 Å². The minimum Gasteiger partial charge on any atom is -0.383 e. The van der Waals surface area contributed by atoms with Gasteiger partial charge in [-0.05, 0) is 31.9 Å². The molecular weight excluding hydrogens is 212 g/mol. The van der Waals surface area contributed by atoms with Gasteiger partial charge in [0.1, 0.15) is 11.6 Å². The van der Waals surface area contributed by atoms with E-state index in [1.165, 1.54) is 12.8 Å². The molecule has 0 radical (unpaired) electrons. The number of nitrogens with two attached hydrogens (primary N) is 1. The smallest absolute Gasteiger partial charge is 0.134 e. The van der Waals surface area contributed by atoms with Gasteiger partial charge in [-0.15, -0.1) is 0 Å². The molecule has 1 aliphatic rings. The van der Waals surface area contributed by atoms with Crippen molar-refractivity contribution in [3.8, 4) is 11.3 Å². The highest BCUT2D eigenvalue weighted by atomic mass is 15.0. The van der Waals surface area contributed by atoms with Crippen molar-refractivity contribution in [2.75, 3.05) is 5.73 Å². The summed E-state index contributed by atoms with van der Waals surface area (Å²) in [4.78, 5) is 13.0. The van der Waals surface area contributed by atoms with E-state index in [1.807, 2.05) is 19.1 Å². The lowest BCUT2D eigenvalue weighted by molar-refractivity contribution is 0.927. The van der Waals surface area contributed by atoms with Crippen molar-refractivity contribution in [2.24, 2.45) is 0 Å². The quantitative estimate of drug-likeness (QED) is 0.853. The molecule has 0 amide bonds. The summed E-state index contributed by atoms with van der Waals surface area (Å²) in [6.45, 7) is 1.96. The molecule has 4 heteroatoms. The molecule has 1 saturated carbocycles. The van der Waals surface area contributed by atoms with Crippen LogP contribution >= 0.6 is 0 Å². The van der Waals surface area contributed by atoms with Crippen LogP contribution in [0.4, 0.5) is 5.82 Å². The fraction of sp³-hybridized carbons (Fsp3) is 0.308. The average molecular weight is 226 g/mol. The summed E-state index contributed by atoms with van der Waals surface area (Å²) in [6, 6.07) is 3.90. The molecule has 2 aromatic rings. The van der Waals surface area contributed by atoms with Crippen LogP contribution in [0.2, 0.25) is 0 Å². The Kier molecular flexibility index (Phi) is 2.28. The van der Waals surface area contributed by atoms with E-state index >= 15 is 0 Å². The van der Waals surface area contributed by atoms with E-state index in [0.29, 0.717) is 11.7 Å². The molecule has 0 bridgehead atoms. The van der Waals surface area contributed by atoms with E-state index in [4.69, 9.17) is 5.73 Å². The first-order chi connectivity index (χ1) is 8.25. The topological polar surface area (TPSA) is 64.7 Å². The van der Waals surface area contributed by atoms with Crippen molar-refractivity contribution in [3.63, 3.8) is 0 Å². The third kappa shape index (κ3) is 1.86. The third-order valence-corrected chi connectivity index (χ3v) is 3.10. The lowest BCUT2D eigenvalue weighted by atomic mass is 10.1. The van der Waals surface area contributed by atoms with Gasteiger partial charge in [-0.1, -0.05) is 0 Å². The molecule has 0 unspecified atom stereocenters. The first kappa shape index (κ1) is 10.2. The molecule has 3 rings (SSSR count). The average Bonchev–Trinajstić information content (AvgIpc) is 3.18. The summed E-state index contributed by atoms with van der Waals surface area (Å²) in [6.07, 6.45) is 5.89. The van der Waals surface area contributed by atoms with E-state index in [-0.39, 0.29) is 0 Å². The number of aromatic nitrogens is 3. The number of rotatable bonds is 2. The summed E-state index contributed by atoms with van der Waals surface area (Å²) >= 11 is 0. The maximum absolute atomic E-state index is 5.96. The second-order valence-corrected chi connectivity index (χ2v) is 4.45. The minimum absolute atomic E-state index is 0.512. The fourth-order valence-corrected chi connectivity index (χ4v) is 1.87. The highest BCUT2D eigenvalue weighted by Gasteiger charge is 2.28. The molecule has 0 saturated heterocycles. The Morgan fingerprint density at radius 2 is 1.88 bits per heavy atom. The lowest BCUT2D eigenvalue weighted by Gasteiger charge is -2.09. The van der Waals surface area contributed by atoms with Gasteiger partial charge in [0.15, 0.2) is 0 Å². The van der Waals surface area contributed by atoms with Crippen LogP contribution in [0.3, 0.4) is 0 Å². The minimum atomic E-state index is 0.512. The second kappa shape index (κ2) is 3.80.